The van der Waals surface area contributed by atoms with Gasteiger partial charge in [-0.1, -0.05) is 59.6 Å². The second kappa shape index (κ2) is 6.69. The van der Waals surface area contributed by atoms with Crippen LogP contribution in [-0.4, -0.2) is 23.9 Å². The van der Waals surface area contributed by atoms with Crippen molar-refractivity contribution in [3.05, 3.63) is 69.7 Å². The maximum atomic E-state index is 12.3. The molecule has 1 unspecified atom stereocenters. The summed E-state index contributed by atoms with van der Waals surface area (Å²) in [7, 11) is 0. The molecule has 0 radical (unpaired) electrons. The Morgan fingerprint density at radius 3 is 2.59 bits per heavy atom. The molecule has 1 N–H and O–H groups in total. The van der Waals surface area contributed by atoms with Crippen molar-refractivity contribution >= 4 is 29.1 Å². The first kappa shape index (κ1) is 15.3. The highest BCUT2D eigenvalue weighted by Gasteiger charge is 2.30. The van der Waals surface area contributed by atoms with Crippen LogP contribution >= 0.6 is 23.2 Å². The van der Waals surface area contributed by atoms with E-state index in [1.54, 1.807) is 6.07 Å². The van der Waals surface area contributed by atoms with Crippen LogP contribution in [0.3, 0.4) is 0 Å². The van der Waals surface area contributed by atoms with E-state index < -0.39 is 0 Å². The summed E-state index contributed by atoms with van der Waals surface area (Å²) >= 11 is 12.0. The molecule has 114 valence electrons. The van der Waals surface area contributed by atoms with Gasteiger partial charge in [-0.15, -0.1) is 0 Å². The van der Waals surface area contributed by atoms with Crippen LogP contribution < -0.4 is 5.32 Å². The standard InChI is InChI=1S/C17H16Cl2N2O/c18-14-7-6-12(10-15(14)19)11-21-9-8-20-17(22)16(21)13-4-2-1-3-5-13/h1-7,10,16H,8-9,11H2,(H,20,22). The van der Waals surface area contributed by atoms with Crippen LogP contribution in [0.15, 0.2) is 48.5 Å². The van der Waals surface area contributed by atoms with E-state index in [9.17, 15) is 4.79 Å². The fraction of sp³-hybridized carbons (Fsp3) is 0.235. The number of amides is 1. The summed E-state index contributed by atoms with van der Waals surface area (Å²) in [6.45, 7) is 2.11. The van der Waals surface area contributed by atoms with Crippen LogP contribution in [-0.2, 0) is 11.3 Å². The van der Waals surface area contributed by atoms with E-state index in [2.05, 4.69) is 10.2 Å². The Labute approximate surface area is 139 Å². The summed E-state index contributed by atoms with van der Waals surface area (Å²) in [6, 6.07) is 15.2. The number of nitrogens with one attached hydrogen (secondary N) is 1. The molecule has 1 atom stereocenters. The molecule has 1 aliphatic rings. The Morgan fingerprint density at radius 2 is 1.86 bits per heavy atom. The lowest BCUT2D eigenvalue weighted by atomic mass is 10.0. The molecule has 0 aromatic heterocycles. The Kier molecular flexibility index (Phi) is 4.67. The third-order valence-corrected chi connectivity index (χ3v) is 4.54. The quantitative estimate of drug-likeness (QED) is 0.928. The lowest BCUT2D eigenvalue weighted by molar-refractivity contribution is -0.129. The number of benzene rings is 2. The average Bonchev–Trinajstić information content (AvgIpc) is 2.52. The summed E-state index contributed by atoms with van der Waals surface area (Å²) < 4.78 is 0. The van der Waals surface area contributed by atoms with Gasteiger partial charge in [0.15, 0.2) is 0 Å². The van der Waals surface area contributed by atoms with E-state index in [1.807, 2.05) is 42.5 Å². The van der Waals surface area contributed by atoms with Gasteiger partial charge in [-0.25, -0.2) is 0 Å². The zero-order valence-corrected chi connectivity index (χ0v) is 13.4. The van der Waals surface area contributed by atoms with Crippen LogP contribution in [0.4, 0.5) is 0 Å². The highest BCUT2D eigenvalue weighted by atomic mass is 35.5. The van der Waals surface area contributed by atoms with Crippen molar-refractivity contribution in [2.24, 2.45) is 0 Å². The minimum atomic E-state index is -0.274. The first-order valence-electron chi connectivity index (χ1n) is 7.16. The zero-order valence-electron chi connectivity index (χ0n) is 11.9. The first-order valence-corrected chi connectivity index (χ1v) is 7.91. The molecule has 1 heterocycles. The van der Waals surface area contributed by atoms with Gasteiger partial charge >= 0.3 is 0 Å². The van der Waals surface area contributed by atoms with Gasteiger partial charge < -0.3 is 5.32 Å². The lowest BCUT2D eigenvalue weighted by Gasteiger charge is -2.35. The summed E-state index contributed by atoms with van der Waals surface area (Å²) in [5, 5.41) is 4.02. The summed E-state index contributed by atoms with van der Waals surface area (Å²) in [6.07, 6.45) is 0. The highest BCUT2D eigenvalue weighted by molar-refractivity contribution is 6.42. The van der Waals surface area contributed by atoms with Crippen molar-refractivity contribution in [3.63, 3.8) is 0 Å². The van der Waals surface area contributed by atoms with Gasteiger partial charge in [0.05, 0.1) is 10.0 Å². The zero-order chi connectivity index (χ0) is 15.5. The van der Waals surface area contributed by atoms with E-state index in [-0.39, 0.29) is 11.9 Å². The first-order chi connectivity index (χ1) is 10.6. The molecule has 1 amide bonds. The van der Waals surface area contributed by atoms with Crippen LogP contribution in [0.25, 0.3) is 0 Å². The summed E-state index contributed by atoms with van der Waals surface area (Å²) in [4.78, 5) is 14.5. The van der Waals surface area contributed by atoms with E-state index >= 15 is 0 Å². The Hall–Kier alpha value is -1.55. The molecular formula is C17H16Cl2N2O. The Balaban J connectivity index is 1.86. The van der Waals surface area contributed by atoms with Crippen molar-refractivity contribution in [2.75, 3.05) is 13.1 Å². The number of hydrogen-bond donors (Lipinski definition) is 1. The van der Waals surface area contributed by atoms with Crippen LogP contribution in [0.5, 0.6) is 0 Å². The molecule has 3 nitrogen and oxygen atoms in total. The van der Waals surface area contributed by atoms with Crippen LogP contribution in [0.2, 0.25) is 10.0 Å². The topological polar surface area (TPSA) is 32.3 Å². The average molecular weight is 335 g/mol. The molecule has 0 aliphatic carbocycles. The number of carbonyl (C=O) groups is 1. The number of hydrogen-bond acceptors (Lipinski definition) is 2. The van der Waals surface area contributed by atoms with E-state index in [4.69, 9.17) is 23.2 Å². The molecule has 0 bridgehead atoms. The van der Waals surface area contributed by atoms with Gasteiger partial charge in [0.1, 0.15) is 6.04 Å². The van der Waals surface area contributed by atoms with Crippen molar-refractivity contribution < 1.29 is 4.79 Å². The molecule has 0 saturated carbocycles. The Morgan fingerprint density at radius 1 is 1.09 bits per heavy atom. The predicted molar refractivity (Wildman–Crippen MR) is 89.1 cm³/mol. The van der Waals surface area contributed by atoms with Gasteiger partial charge in [0, 0.05) is 19.6 Å². The maximum Gasteiger partial charge on any atom is 0.242 e. The minimum absolute atomic E-state index is 0.0394. The van der Waals surface area contributed by atoms with Crippen molar-refractivity contribution in [2.45, 2.75) is 12.6 Å². The third kappa shape index (κ3) is 3.27. The number of halogens is 2. The molecule has 22 heavy (non-hydrogen) atoms. The monoisotopic (exact) mass is 334 g/mol. The summed E-state index contributed by atoms with van der Waals surface area (Å²) in [5.74, 6) is 0.0394. The number of carbonyl (C=O) groups excluding carboxylic acids is 1. The van der Waals surface area contributed by atoms with Crippen molar-refractivity contribution in [1.29, 1.82) is 0 Å². The smallest absolute Gasteiger partial charge is 0.242 e. The second-order valence-corrected chi connectivity index (χ2v) is 6.14. The van der Waals surface area contributed by atoms with Gasteiger partial charge in [-0.05, 0) is 23.3 Å². The van der Waals surface area contributed by atoms with Crippen LogP contribution in [0.1, 0.15) is 17.2 Å². The molecule has 1 fully saturated rings. The van der Waals surface area contributed by atoms with Crippen molar-refractivity contribution in [1.82, 2.24) is 10.2 Å². The molecule has 2 aromatic carbocycles. The number of piperazine rings is 1. The van der Waals surface area contributed by atoms with Crippen molar-refractivity contribution in [3.8, 4) is 0 Å². The SMILES string of the molecule is O=C1NCCN(Cc2ccc(Cl)c(Cl)c2)C1c1ccccc1. The lowest BCUT2D eigenvalue weighted by Crippen LogP contribution is -2.49. The normalized spacial score (nSPS) is 19.0. The highest BCUT2D eigenvalue weighted by Crippen LogP contribution is 2.27. The molecule has 1 saturated heterocycles. The number of rotatable bonds is 3. The third-order valence-electron chi connectivity index (χ3n) is 3.80. The molecule has 1 aliphatic heterocycles. The minimum Gasteiger partial charge on any atom is -0.353 e. The van der Waals surface area contributed by atoms with Gasteiger partial charge in [0.2, 0.25) is 5.91 Å². The fourth-order valence-corrected chi connectivity index (χ4v) is 3.08. The van der Waals surface area contributed by atoms with Crippen LogP contribution in [0, 0.1) is 0 Å². The van der Waals surface area contributed by atoms with E-state index in [0.29, 0.717) is 23.1 Å². The Bertz CT molecular complexity index is 676. The molecule has 2 aromatic rings. The molecular weight excluding hydrogens is 319 g/mol. The number of nitrogens with zero attached hydrogens (tertiary/aromatic N) is 1. The molecule has 0 spiro atoms. The van der Waals surface area contributed by atoms with Gasteiger partial charge in [0.25, 0.3) is 0 Å². The predicted octanol–water partition coefficient (Wildman–Crippen LogP) is 3.67. The maximum absolute atomic E-state index is 12.3. The van der Waals surface area contributed by atoms with E-state index in [1.165, 1.54) is 0 Å². The second-order valence-electron chi connectivity index (χ2n) is 5.32. The fourth-order valence-electron chi connectivity index (χ4n) is 2.75. The van der Waals surface area contributed by atoms with E-state index in [0.717, 1.165) is 17.7 Å². The van der Waals surface area contributed by atoms with Gasteiger partial charge in [-0.2, -0.15) is 0 Å². The molecule has 5 heteroatoms. The largest absolute Gasteiger partial charge is 0.353 e. The molecule has 3 rings (SSSR count). The van der Waals surface area contributed by atoms with Gasteiger partial charge in [-0.3, -0.25) is 9.69 Å². The summed E-state index contributed by atoms with van der Waals surface area (Å²) in [5.41, 5.74) is 2.05.